The number of likely N-dealkylation sites (tertiary alicyclic amines) is 1. The van der Waals surface area contributed by atoms with Crippen molar-refractivity contribution in [1.82, 2.24) is 4.90 Å². The van der Waals surface area contributed by atoms with E-state index in [2.05, 4.69) is 32.6 Å². The Bertz CT molecular complexity index is 223. The third-order valence-electron chi connectivity index (χ3n) is 3.54. The van der Waals surface area contributed by atoms with Crippen LogP contribution in [0, 0.1) is 10.8 Å². The summed E-state index contributed by atoms with van der Waals surface area (Å²) in [4.78, 5) is 2.59. The van der Waals surface area contributed by atoms with Crippen LogP contribution in [0.5, 0.6) is 0 Å². The van der Waals surface area contributed by atoms with Crippen LogP contribution in [-0.4, -0.2) is 37.2 Å². The molecule has 1 saturated heterocycles. The third kappa shape index (κ3) is 2.94. The van der Waals surface area contributed by atoms with Gasteiger partial charge in [-0.05, 0) is 32.1 Å². The Labute approximate surface area is 94.0 Å². The summed E-state index contributed by atoms with van der Waals surface area (Å²) in [5.41, 5.74) is 1.09. The summed E-state index contributed by atoms with van der Waals surface area (Å²) in [5.74, 6) is 0. The van der Waals surface area contributed by atoms with Crippen LogP contribution in [0.3, 0.4) is 0 Å². The summed E-state index contributed by atoms with van der Waals surface area (Å²) in [6.07, 6.45) is 3.13. The molecule has 1 aliphatic heterocycles. The minimum Gasteiger partial charge on any atom is -0.378 e. The molecule has 0 aromatic carbocycles. The minimum atomic E-state index is 0.385. The molecule has 1 saturated carbocycles. The maximum Gasteiger partial charge on any atom is 0.0538 e. The molecule has 2 aliphatic rings. The van der Waals surface area contributed by atoms with Crippen molar-refractivity contribution in [3.05, 3.63) is 0 Å². The van der Waals surface area contributed by atoms with Gasteiger partial charge < -0.3 is 9.64 Å². The molecule has 0 N–H and O–H groups in total. The van der Waals surface area contributed by atoms with E-state index in [1.807, 2.05) is 0 Å². The highest BCUT2D eigenvalue weighted by atomic mass is 16.5. The van der Waals surface area contributed by atoms with E-state index < -0.39 is 0 Å². The Balaban J connectivity index is 1.71. The lowest BCUT2D eigenvalue weighted by atomic mass is 9.83. The Morgan fingerprint density at radius 3 is 2.20 bits per heavy atom. The topological polar surface area (TPSA) is 12.5 Å². The van der Waals surface area contributed by atoms with Gasteiger partial charge in [-0.15, -0.1) is 0 Å². The average molecular weight is 211 g/mol. The van der Waals surface area contributed by atoms with Crippen LogP contribution in [0.1, 0.15) is 40.5 Å². The summed E-state index contributed by atoms with van der Waals surface area (Å²) in [6, 6.07) is 0. The van der Waals surface area contributed by atoms with Crippen molar-refractivity contribution in [3.8, 4) is 0 Å². The van der Waals surface area contributed by atoms with Crippen molar-refractivity contribution in [2.45, 2.75) is 46.6 Å². The predicted molar refractivity (Wildman–Crippen MR) is 63.0 cm³/mol. The molecule has 1 heterocycles. The monoisotopic (exact) mass is 211 g/mol. The van der Waals surface area contributed by atoms with E-state index in [1.54, 1.807) is 0 Å². The van der Waals surface area contributed by atoms with Gasteiger partial charge in [-0.1, -0.05) is 13.8 Å². The van der Waals surface area contributed by atoms with Gasteiger partial charge in [0.2, 0.25) is 0 Å². The zero-order valence-corrected chi connectivity index (χ0v) is 10.7. The molecular weight excluding hydrogens is 186 g/mol. The largest absolute Gasteiger partial charge is 0.378 e. The van der Waals surface area contributed by atoms with Crippen LogP contribution in [0.2, 0.25) is 0 Å². The molecule has 0 unspecified atom stereocenters. The summed E-state index contributed by atoms with van der Waals surface area (Å²) in [7, 11) is 0. The first-order valence-corrected chi connectivity index (χ1v) is 6.25. The Morgan fingerprint density at radius 1 is 1.20 bits per heavy atom. The summed E-state index contributed by atoms with van der Waals surface area (Å²) >= 11 is 0. The van der Waals surface area contributed by atoms with E-state index in [0.29, 0.717) is 16.9 Å². The van der Waals surface area contributed by atoms with Gasteiger partial charge in [-0.3, -0.25) is 0 Å². The molecule has 88 valence electrons. The standard InChI is InChI=1S/C13H25NO/c1-11(2)15-10-13(5-6-13)9-14-7-12(3,4)8-14/h11H,5-10H2,1-4H3. The van der Waals surface area contributed by atoms with Crippen molar-refractivity contribution in [3.63, 3.8) is 0 Å². The Morgan fingerprint density at radius 2 is 1.80 bits per heavy atom. The Kier molecular flexibility index (Phi) is 2.85. The zero-order valence-electron chi connectivity index (χ0n) is 10.7. The lowest BCUT2D eigenvalue weighted by Gasteiger charge is -2.47. The van der Waals surface area contributed by atoms with Crippen LogP contribution in [0.25, 0.3) is 0 Å². The second kappa shape index (κ2) is 3.74. The quantitative estimate of drug-likeness (QED) is 0.693. The van der Waals surface area contributed by atoms with Gasteiger partial charge in [0.05, 0.1) is 12.7 Å². The summed E-state index contributed by atoms with van der Waals surface area (Å²) in [6.45, 7) is 13.8. The zero-order chi connectivity index (χ0) is 11.1. The van der Waals surface area contributed by atoms with Gasteiger partial charge in [0, 0.05) is 25.0 Å². The van der Waals surface area contributed by atoms with Crippen molar-refractivity contribution in [1.29, 1.82) is 0 Å². The highest BCUT2D eigenvalue weighted by molar-refractivity contribution is 4.99. The third-order valence-corrected chi connectivity index (χ3v) is 3.54. The van der Waals surface area contributed by atoms with E-state index in [4.69, 9.17) is 4.74 Å². The molecule has 0 aromatic heterocycles. The fourth-order valence-corrected chi connectivity index (χ4v) is 2.62. The molecule has 2 rings (SSSR count). The van der Waals surface area contributed by atoms with Crippen LogP contribution in [-0.2, 0) is 4.74 Å². The summed E-state index contributed by atoms with van der Waals surface area (Å²) in [5, 5.41) is 0. The molecule has 15 heavy (non-hydrogen) atoms. The number of ether oxygens (including phenoxy) is 1. The first kappa shape index (κ1) is 11.4. The van der Waals surface area contributed by atoms with Crippen molar-refractivity contribution >= 4 is 0 Å². The van der Waals surface area contributed by atoms with Crippen LogP contribution in [0.15, 0.2) is 0 Å². The maximum atomic E-state index is 5.76. The molecule has 0 bridgehead atoms. The van der Waals surface area contributed by atoms with Gasteiger partial charge in [0.25, 0.3) is 0 Å². The van der Waals surface area contributed by atoms with E-state index in [9.17, 15) is 0 Å². The smallest absolute Gasteiger partial charge is 0.0538 e. The number of rotatable bonds is 5. The van der Waals surface area contributed by atoms with E-state index in [-0.39, 0.29) is 0 Å². The predicted octanol–water partition coefficient (Wildman–Crippen LogP) is 2.53. The molecular formula is C13H25NO. The molecule has 0 spiro atoms. The van der Waals surface area contributed by atoms with E-state index >= 15 is 0 Å². The van der Waals surface area contributed by atoms with Gasteiger partial charge in [-0.25, -0.2) is 0 Å². The fraction of sp³-hybridized carbons (Fsp3) is 1.00. The SMILES string of the molecule is CC(C)OCC1(CN2CC(C)(C)C2)CC1. The fourth-order valence-electron chi connectivity index (χ4n) is 2.62. The van der Waals surface area contributed by atoms with Crippen molar-refractivity contribution in [2.75, 3.05) is 26.2 Å². The molecule has 2 fully saturated rings. The summed E-state index contributed by atoms with van der Waals surface area (Å²) < 4.78 is 5.76. The van der Waals surface area contributed by atoms with Crippen molar-refractivity contribution in [2.24, 2.45) is 10.8 Å². The normalized spacial score (nSPS) is 27.8. The lowest BCUT2D eigenvalue weighted by Crippen LogP contribution is -2.54. The molecule has 2 heteroatoms. The van der Waals surface area contributed by atoms with E-state index in [1.165, 1.54) is 32.5 Å². The van der Waals surface area contributed by atoms with Gasteiger partial charge in [0.1, 0.15) is 0 Å². The van der Waals surface area contributed by atoms with Crippen LogP contribution in [0.4, 0.5) is 0 Å². The van der Waals surface area contributed by atoms with E-state index in [0.717, 1.165) is 6.61 Å². The average Bonchev–Trinajstić information content (AvgIpc) is 2.79. The van der Waals surface area contributed by atoms with Crippen molar-refractivity contribution < 1.29 is 4.74 Å². The number of nitrogens with zero attached hydrogens (tertiary/aromatic N) is 1. The van der Waals surface area contributed by atoms with Crippen LogP contribution >= 0.6 is 0 Å². The first-order valence-electron chi connectivity index (χ1n) is 6.25. The maximum absolute atomic E-state index is 5.76. The molecule has 0 radical (unpaired) electrons. The second-order valence-corrected chi connectivity index (χ2v) is 6.67. The lowest BCUT2D eigenvalue weighted by molar-refractivity contribution is -0.0169. The van der Waals surface area contributed by atoms with Crippen LogP contribution < -0.4 is 0 Å². The minimum absolute atomic E-state index is 0.385. The molecule has 0 amide bonds. The number of hydrogen-bond acceptors (Lipinski definition) is 2. The van der Waals surface area contributed by atoms with Gasteiger partial charge >= 0.3 is 0 Å². The molecule has 1 aliphatic carbocycles. The second-order valence-electron chi connectivity index (χ2n) is 6.67. The first-order chi connectivity index (χ1) is 6.91. The molecule has 0 atom stereocenters. The Hall–Kier alpha value is -0.0800. The van der Waals surface area contributed by atoms with Gasteiger partial charge in [0.15, 0.2) is 0 Å². The highest BCUT2D eigenvalue weighted by Gasteiger charge is 2.47. The number of hydrogen-bond donors (Lipinski definition) is 0. The highest BCUT2D eigenvalue weighted by Crippen LogP contribution is 2.48. The van der Waals surface area contributed by atoms with Gasteiger partial charge in [-0.2, -0.15) is 0 Å². The molecule has 0 aromatic rings. The molecule has 2 nitrogen and oxygen atoms in total.